The molecule has 0 atom stereocenters. The fraction of sp³-hybridized carbons (Fsp3) is 0.455. The van der Waals surface area contributed by atoms with Gasteiger partial charge in [-0.3, -0.25) is 0 Å². The molecule has 1 fully saturated rings. The lowest BCUT2D eigenvalue weighted by Gasteiger charge is -2.23. The van der Waals surface area contributed by atoms with Crippen LogP contribution >= 0.6 is 0 Å². The predicted octanol–water partition coefficient (Wildman–Crippen LogP) is 2.12. The smallest absolute Gasteiger partial charge is 0.396 e. The van der Waals surface area contributed by atoms with E-state index in [0.717, 1.165) is 12.1 Å². The average Bonchev–Trinajstić information content (AvgIpc) is 3.12. The van der Waals surface area contributed by atoms with Crippen molar-refractivity contribution in [1.29, 1.82) is 0 Å². The first-order valence-electron chi connectivity index (χ1n) is 5.75. The van der Waals surface area contributed by atoms with Gasteiger partial charge in [-0.25, -0.2) is 12.8 Å². The Balaban J connectivity index is 2.37. The van der Waals surface area contributed by atoms with Gasteiger partial charge in [0.1, 0.15) is 12.4 Å². The van der Waals surface area contributed by atoms with Crippen molar-refractivity contribution in [3.05, 3.63) is 24.0 Å². The Hall–Kier alpha value is -1.35. The molecule has 0 spiro atoms. The molecular weight excluding hydrogens is 300 g/mol. The van der Waals surface area contributed by atoms with Gasteiger partial charge in [0.25, 0.3) is 0 Å². The molecule has 0 heterocycles. The third-order valence-corrected chi connectivity index (χ3v) is 4.76. The third kappa shape index (κ3) is 3.21. The minimum absolute atomic E-state index is 0.266. The molecule has 1 saturated carbocycles. The van der Waals surface area contributed by atoms with E-state index in [2.05, 4.69) is 0 Å². The van der Waals surface area contributed by atoms with Gasteiger partial charge in [0.15, 0.2) is 0 Å². The molecule has 2 N–H and O–H groups in total. The van der Waals surface area contributed by atoms with E-state index in [0.29, 0.717) is 23.2 Å². The Morgan fingerprint density at radius 1 is 1.30 bits per heavy atom. The summed E-state index contributed by atoms with van der Waals surface area (Å²) in [6.45, 7) is -1.58. The first-order chi connectivity index (χ1) is 9.11. The maximum absolute atomic E-state index is 13.3. The molecule has 2 rings (SSSR count). The number of hydrogen-bond donors (Lipinski definition) is 1. The molecule has 112 valence electrons. The first kappa shape index (κ1) is 15.0. The molecule has 1 aliphatic rings. The van der Waals surface area contributed by atoms with Gasteiger partial charge < -0.3 is 5.73 Å². The number of sulfonamides is 1. The van der Waals surface area contributed by atoms with E-state index < -0.39 is 39.5 Å². The Labute approximate surface area is 113 Å². The van der Waals surface area contributed by atoms with Crippen LogP contribution in [-0.2, 0) is 10.0 Å². The van der Waals surface area contributed by atoms with Crippen molar-refractivity contribution in [2.75, 3.05) is 12.3 Å². The summed E-state index contributed by atoms with van der Waals surface area (Å²) >= 11 is 0. The minimum Gasteiger partial charge on any atom is -0.396 e. The van der Waals surface area contributed by atoms with Crippen LogP contribution in [0.5, 0.6) is 0 Å². The van der Waals surface area contributed by atoms with Crippen LogP contribution in [0.25, 0.3) is 0 Å². The second kappa shape index (κ2) is 4.88. The van der Waals surface area contributed by atoms with Crippen molar-refractivity contribution in [3.63, 3.8) is 0 Å². The van der Waals surface area contributed by atoms with Gasteiger partial charge in [-0.2, -0.15) is 17.5 Å². The molecule has 20 heavy (non-hydrogen) atoms. The highest BCUT2D eigenvalue weighted by atomic mass is 32.2. The molecule has 4 nitrogen and oxygen atoms in total. The number of nitrogens with zero attached hydrogens (tertiary/aromatic N) is 1. The van der Waals surface area contributed by atoms with Crippen LogP contribution in [0.1, 0.15) is 12.8 Å². The number of halogens is 4. The summed E-state index contributed by atoms with van der Waals surface area (Å²) in [4.78, 5) is -0.527. The number of nitrogens with two attached hydrogens (primary N) is 1. The molecule has 1 aromatic rings. The van der Waals surface area contributed by atoms with Gasteiger partial charge >= 0.3 is 6.18 Å². The van der Waals surface area contributed by atoms with Gasteiger partial charge in [0, 0.05) is 6.04 Å². The van der Waals surface area contributed by atoms with Crippen molar-refractivity contribution in [1.82, 2.24) is 4.31 Å². The van der Waals surface area contributed by atoms with E-state index >= 15 is 0 Å². The number of benzene rings is 1. The first-order valence-corrected chi connectivity index (χ1v) is 7.19. The maximum Gasteiger partial charge on any atom is 0.402 e. The largest absolute Gasteiger partial charge is 0.402 e. The SMILES string of the molecule is Nc1ccc(S(=O)(=O)N(CC(F)(F)F)C2CC2)cc1F. The Morgan fingerprint density at radius 3 is 2.35 bits per heavy atom. The molecule has 1 aromatic carbocycles. The fourth-order valence-corrected chi connectivity index (χ4v) is 3.44. The van der Waals surface area contributed by atoms with Crippen LogP contribution in [-0.4, -0.2) is 31.5 Å². The van der Waals surface area contributed by atoms with E-state index in [1.54, 1.807) is 0 Å². The van der Waals surface area contributed by atoms with Gasteiger partial charge in [0.2, 0.25) is 10.0 Å². The summed E-state index contributed by atoms with van der Waals surface area (Å²) in [6.07, 6.45) is -3.92. The summed E-state index contributed by atoms with van der Waals surface area (Å²) < 4.78 is 75.5. The van der Waals surface area contributed by atoms with Crippen LogP contribution < -0.4 is 5.73 Å². The fourth-order valence-electron chi connectivity index (χ4n) is 1.75. The van der Waals surface area contributed by atoms with Gasteiger partial charge in [-0.1, -0.05) is 0 Å². The quantitative estimate of drug-likeness (QED) is 0.684. The van der Waals surface area contributed by atoms with Crippen LogP contribution in [0.4, 0.5) is 23.2 Å². The molecule has 0 unspecified atom stereocenters. The molecule has 0 saturated heterocycles. The van der Waals surface area contributed by atoms with Crippen molar-refractivity contribution in [2.24, 2.45) is 0 Å². The topological polar surface area (TPSA) is 63.4 Å². The zero-order valence-electron chi connectivity index (χ0n) is 10.2. The molecule has 9 heteroatoms. The van der Waals surface area contributed by atoms with Crippen LogP contribution in [0.2, 0.25) is 0 Å². The third-order valence-electron chi connectivity index (χ3n) is 2.87. The lowest BCUT2D eigenvalue weighted by Crippen LogP contribution is -2.40. The summed E-state index contributed by atoms with van der Waals surface area (Å²) in [7, 11) is -4.39. The molecule has 0 radical (unpaired) electrons. The lowest BCUT2D eigenvalue weighted by molar-refractivity contribution is -0.137. The van der Waals surface area contributed by atoms with E-state index in [9.17, 15) is 26.0 Å². The molecular formula is C11H12F4N2O2S. The van der Waals surface area contributed by atoms with E-state index in [-0.39, 0.29) is 5.69 Å². The Morgan fingerprint density at radius 2 is 1.90 bits per heavy atom. The summed E-state index contributed by atoms with van der Waals surface area (Å²) in [5.74, 6) is -0.978. The van der Waals surface area contributed by atoms with Crippen LogP contribution in [0, 0.1) is 5.82 Å². The number of nitrogen functional groups attached to an aromatic ring is 1. The standard InChI is InChI=1S/C11H12F4N2O2S/c12-9-5-8(3-4-10(9)16)20(18,19)17(7-1-2-7)6-11(13,14)15/h3-5,7H,1-2,6,16H2. The van der Waals surface area contributed by atoms with Gasteiger partial charge in [0.05, 0.1) is 10.6 Å². The highest BCUT2D eigenvalue weighted by molar-refractivity contribution is 7.89. The second-order valence-corrected chi connectivity index (χ2v) is 6.47. The minimum atomic E-state index is -4.65. The van der Waals surface area contributed by atoms with Crippen molar-refractivity contribution in [2.45, 2.75) is 30.0 Å². The molecule has 0 bridgehead atoms. The number of alkyl halides is 3. The number of hydrogen-bond acceptors (Lipinski definition) is 3. The highest BCUT2D eigenvalue weighted by Gasteiger charge is 2.44. The highest BCUT2D eigenvalue weighted by Crippen LogP contribution is 2.35. The van der Waals surface area contributed by atoms with Gasteiger partial charge in [-0.15, -0.1) is 0 Å². The second-order valence-electron chi connectivity index (χ2n) is 4.58. The number of anilines is 1. The van der Waals surface area contributed by atoms with Crippen LogP contribution in [0.15, 0.2) is 23.1 Å². The molecule has 0 aliphatic heterocycles. The summed E-state index contributed by atoms with van der Waals surface area (Å²) in [5, 5.41) is 0. The summed E-state index contributed by atoms with van der Waals surface area (Å²) in [6, 6.07) is 1.97. The molecule has 0 aromatic heterocycles. The Kier molecular flexibility index (Phi) is 3.67. The lowest BCUT2D eigenvalue weighted by atomic mass is 10.3. The van der Waals surface area contributed by atoms with E-state index in [1.807, 2.05) is 0 Å². The Bertz CT molecular complexity index is 611. The molecule has 0 amide bonds. The summed E-state index contributed by atoms with van der Waals surface area (Å²) in [5.41, 5.74) is 4.95. The van der Waals surface area contributed by atoms with Crippen molar-refractivity contribution < 1.29 is 26.0 Å². The van der Waals surface area contributed by atoms with E-state index in [4.69, 9.17) is 5.73 Å². The zero-order chi connectivity index (χ0) is 15.1. The average molecular weight is 312 g/mol. The zero-order valence-corrected chi connectivity index (χ0v) is 11.0. The monoisotopic (exact) mass is 312 g/mol. The van der Waals surface area contributed by atoms with E-state index in [1.165, 1.54) is 0 Å². The van der Waals surface area contributed by atoms with Crippen LogP contribution in [0.3, 0.4) is 0 Å². The van der Waals surface area contributed by atoms with Gasteiger partial charge in [-0.05, 0) is 31.0 Å². The maximum atomic E-state index is 13.3. The normalized spacial score (nSPS) is 16.6. The molecule has 1 aliphatic carbocycles. The number of rotatable bonds is 4. The predicted molar refractivity (Wildman–Crippen MR) is 63.8 cm³/mol. The van der Waals surface area contributed by atoms with Crippen molar-refractivity contribution >= 4 is 15.7 Å². The van der Waals surface area contributed by atoms with Crippen molar-refractivity contribution in [3.8, 4) is 0 Å².